The van der Waals surface area contributed by atoms with E-state index in [2.05, 4.69) is 15.6 Å². The maximum atomic E-state index is 5.69. The molecule has 0 aliphatic rings. The van der Waals surface area contributed by atoms with Crippen molar-refractivity contribution in [1.29, 1.82) is 0 Å². The van der Waals surface area contributed by atoms with Gasteiger partial charge >= 0.3 is 0 Å². The number of methoxy groups -OCH3 is 1. The minimum Gasteiger partial charge on any atom is -0.497 e. The molecule has 2 rings (SSSR count). The molecule has 0 radical (unpaired) electrons. The van der Waals surface area contributed by atoms with Crippen LogP contribution in [0.2, 0.25) is 0 Å². The number of ether oxygens (including phenoxy) is 2. The van der Waals surface area contributed by atoms with Gasteiger partial charge in [0.05, 0.1) is 19.0 Å². The van der Waals surface area contributed by atoms with Crippen LogP contribution >= 0.6 is 12.2 Å². The highest BCUT2D eigenvalue weighted by Gasteiger charge is 2.11. The van der Waals surface area contributed by atoms with E-state index in [4.69, 9.17) is 21.7 Å². The first kappa shape index (κ1) is 17.0. The third kappa shape index (κ3) is 5.75. The van der Waals surface area contributed by atoms with Crippen molar-refractivity contribution in [2.45, 2.75) is 26.3 Å². The van der Waals surface area contributed by atoms with E-state index in [-0.39, 0.29) is 5.54 Å². The first-order valence-corrected chi connectivity index (χ1v) is 7.64. The Labute approximate surface area is 142 Å². The first-order valence-electron chi connectivity index (χ1n) is 7.23. The van der Waals surface area contributed by atoms with Gasteiger partial charge in [0.1, 0.15) is 11.5 Å². The van der Waals surface area contributed by atoms with E-state index in [0.717, 1.165) is 11.4 Å². The van der Waals surface area contributed by atoms with Gasteiger partial charge < -0.3 is 20.1 Å². The van der Waals surface area contributed by atoms with Crippen LogP contribution in [0, 0.1) is 0 Å². The summed E-state index contributed by atoms with van der Waals surface area (Å²) in [7, 11) is 1.62. The molecule has 0 aliphatic carbocycles. The van der Waals surface area contributed by atoms with E-state index >= 15 is 0 Å². The fourth-order valence-electron chi connectivity index (χ4n) is 1.80. The maximum Gasteiger partial charge on any atom is 0.219 e. The van der Waals surface area contributed by atoms with E-state index in [1.165, 1.54) is 0 Å². The second kappa shape index (κ2) is 7.28. The first-order chi connectivity index (χ1) is 10.9. The second-order valence-electron chi connectivity index (χ2n) is 6.00. The summed E-state index contributed by atoms with van der Waals surface area (Å²) >= 11 is 5.25. The lowest BCUT2D eigenvalue weighted by Crippen LogP contribution is -2.42. The average Bonchev–Trinajstić information content (AvgIpc) is 2.47. The molecule has 0 fully saturated rings. The van der Waals surface area contributed by atoms with Gasteiger partial charge in [0, 0.05) is 17.7 Å². The molecule has 2 N–H and O–H groups in total. The average molecular weight is 331 g/mol. The van der Waals surface area contributed by atoms with Crippen molar-refractivity contribution in [1.82, 2.24) is 10.3 Å². The fraction of sp³-hybridized carbons (Fsp3) is 0.294. The molecule has 1 aromatic heterocycles. The quantitative estimate of drug-likeness (QED) is 0.827. The molecule has 0 amide bonds. The number of aromatic nitrogens is 1. The van der Waals surface area contributed by atoms with Crippen LogP contribution in [0.5, 0.6) is 17.4 Å². The number of benzene rings is 1. The molecular formula is C17H21N3O2S. The van der Waals surface area contributed by atoms with Crippen LogP contribution in [0.25, 0.3) is 0 Å². The van der Waals surface area contributed by atoms with E-state index in [9.17, 15) is 0 Å². The Bertz CT molecular complexity index is 666. The highest BCUT2D eigenvalue weighted by atomic mass is 32.1. The number of nitrogens with one attached hydrogen (secondary N) is 2. The fourth-order valence-corrected chi connectivity index (χ4v) is 2.23. The van der Waals surface area contributed by atoms with Crippen LogP contribution in [0.1, 0.15) is 20.8 Å². The molecule has 122 valence electrons. The van der Waals surface area contributed by atoms with Crippen LogP contribution < -0.4 is 20.1 Å². The Morgan fingerprint density at radius 3 is 2.48 bits per heavy atom. The Balaban J connectivity index is 1.98. The van der Waals surface area contributed by atoms with Crippen LogP contribution in [-0.2, 0) is 0 Å². The number of nitrogens with zero attached hydrogens (tertiary/aromatic N) is 1. The summed E-state index contributed by atoms with van der Waals surface area (Å²) in [6.07, 6.45) is 1.67. The van der Waals surface area contributed by atoms with Crippen molar-refractivity contribution in [3.63, 3.8) is 0 Å². The number of thiocarbonyl (C=S) groups is 1. The summed E-state index contributed by atoms with van der Waals surface area (Å²) in [5, 5.41) is 6.83. The largest absolute Gasteiger partial charge is 0.497 e. The number of anilines is 1. The van der Waals surface area contributed by atoms with Gasteiger partial charge in [0.2, 0.25) is 5.88 Å². The summed E-state index contributed by atoms with van der Waals surface area (Å²) in [5.41, 5.74) is 0.706. The standard InChI is InChI=1S/C17H21N3O2S/c1-17(2,3)20-16(23)19-12-8-9-15(18-11-12)22-14-7-5-6-13(10-14)21-4/h5-11H,1-4H3,(H2,19,20,23). The lowest BCUT2D eigenvalue weighted by atomic mass is 10.1. The van der Waals surface area contributed by atoms with E-state index in [1.807, 2.05) is 45.0 Å². The van der Waals surface area contributed by atoms with E-state index in [0.29, 0.717) is 16.7 Å². The Kier molecular flexibility index (Phi) is 5.39. The van der Waals surface area contributed by atoms with Gasteiger partial charge in [-0.15, -0.1) is 0 Å². The molecule has 1 aromatic carbocycles. The smallest absolute Gasteiger partial charge is 0.219 e. The normalized spacial score (nSPS) is 10.8. The third-order valence-corrected chi connectivity index (χ3v) is 2.95. The van der Waals surface area contributed by atoms with Crippen molar-refractivity contribution >= 4 is 23.0 Å². The summed E-state index contributed by atoms with van der Waals surface area (Å²) in [4.78, 5) is 4.27. The summed E-state index contributed by atoms with van der Waals surface area (Å²) in [6.45, 7) is 6.14. The molecule has 2 aromatic rings. The number of hydrogen-bond donors (Lipinski definition) is 2. The molecular weight excluding hydrogens is 310 g/mol. The highest BCUT2D eigenvalue weighted by Crippen LogP contribution is 2.24. The number of rotatable bonds is 4. The maximum absolute atomic E-state index is 5.69. The van der Waals surface area contributed by atoms with Crippen molar-refractivity contribution in [2.75, 3.05) is 12.4 Å². The zero-order valence-corrected chi connectivity index (χ0v) is 14.5. The van der Waals surface area contributed by atoms with E-state index in [1.54, 1.807) is 25.4 Å². The molecule has 0 aliphatic heterocycles. The Morgan fingerprint density at radius 2 is 1.87 bits per heavy atom. The summed E-state index contributed by atoms with van der Waals surface area (Å²) in [5.74, 6) is 1.90. The van der Waals surface area contributed by atoms with Gasteiger partial charge in [-0.25, -0.2) is 4.98 Å². The van der Waals surface area contributed by atoms with Crippen molar-refractivity contribution in [3.05, 3.63) is 42.6 Å². The lowest BCUT2D eigenvalue weighted by Gasteiger charge is -2.22. The topological polar surface area (TPSA) is 55.4 Å². The molecule has 5 nitrogen and oxygen atoms in total. The zero-order valence-electron chi connectivity index (χ0n) is 13.7. The molecule has 0 spiro atoms. The zero-order chi connectivity index (χ0) is 16.9. The van der Waals surface area contributed by atoms with Crippen molar-refractivity contribution in [2.24, 2.45) is 0 Å². The molecule has 23 heavy (non-hydrogen) atoms. The monoisotopic (exact) mass is 331 g/mol. The molecule has 0 unspecified atom stereocenters. The van der Waals surface area contributed by atoms with Crippen molar-refractivity contribution < 1.29 is 9.47 Å². The van der Waals surface area contributed by atoms with Crippen LogP contribution in [-0.4, -0.2) is 22.7 Å². The molecule has 1 heterocycles. The molecule has 6 heteroatoms. The number of pyridine rings is 1. The lowest BCUT2D eigenvalue weighted by molar-refractivity contribution is 0.407. The third-order valence-electron chi connectivity index (χ3n) is 2.75. The minimum absolute atomic E-state index is 0.0903. The van der Waals surface area contributed by atoms with Crippen LogP contribution in [0.15, 0.2) is 42.6 Å². The van der Waals surface area contributed by atoms with Gasteiger partial charge in [0.25, 0.3) is 0 Å². The van der Waals surface area contributed by atoms with Gasteiger partial charge in [-0.1, -0.05) is 6.07 Å². The Morgan fingerprint density at radius 1 is 1.13 bits per heavy atom. The minimum atomic E-state index is -0.0903. The van der Waals surface area contributed by atoms with E-state index < -0.39 is 0 Å². The SMILES string of the molecule is COc1cccc(Oc2ccc(NC(=S)NC(C)(C)C)cn2)c1. The highest BCUT2D eigenvalue weighted by molar-refractivity contribution is 7.80. The predicted molar refractivity (Wildman–Crippen MR) is 96.4 cm³/mol. The van der Waals surface area contributed by atoms with Gasteiger partial charge in [-0.05, 0) is 51.2 Å². The van der Waals surface area contributed by atoms with Crippen LogP contribution in [0.3, 0.4) is 0 Å². The van der Waals surface area contributed by atoms with Crippen LogP contribution in [0.4, 0.5) is 5.69 Å². The predicted octanol–water partition coefficient (Wildman–Crippen LogP) is 3.97. The van der Waals surface area contributed by atoms with Crippen molar-refractivity contribution in [3.8, 4) is 17.4 Å². The van der Waals surface area contributed by atoms with Gasteiger partial charge in [-0.3, -0.25) is 0 Å². The number of hydrogen-bond acceptors (Lipinski definition) is 4. The van der Waals surface area contributed by atoms with Gasteiger partial charge in [0.15, 0.2) is 5.11 Å². The summed E-state index contributed by atoms with van der Waals surface area (Å²) in [6, 6.07) is 11.0. The Hall–Kier alpha value is -2.34. The molecule has 0 bridgehead atoms. The molecule has 0 atom stereocenters. The molecule has 0 saturated heterocycles. The molecule has 0 saturated carbocycles. The summed E-state index contributed by atoms with van der Waals surface area (Å²) < 4.78 is 10.9. The van der Waals surface area contributed by atoms with Gasteiger partial charge in [-0.2, -0.15) is 0 Å². The second-order valence-corrected chi connectivity index (χ2v) is 6.40.